The number of nitrogens with zero attached hydrogens (tertiary/aromatic N) is 2. The van der Waals surface area contributed by atoms with Crippen molar-refractivity contribution in [2.75, 3.05) is 12.4 Å². The second-order valence-electron chi connectivity index (χ2n) is 6.44. The number of aromatic nitrogens is 1. The van der Waals surface area contributed by atoms with Gasteiger partial charge in [0, 0.05) is 17.8 Å². The molecule has 0 atom stereocenters. The van der Waals surface area contributed by atoms with E-state index in [0.29, 0.717) is 29.0 Å². The maximum atomic E-state index is 6.15. The molecule has 1 N–H and O–H groups in total. The lowest BCUT2D eigenvalue weighted by Crippen LogP contribution is -2.34. The van der Waals surface area contributed by atoms with Crippen molar-refractivity contribution >= 4 is 34.6 Å². The van der Waals surface area contributed by atoms with Crippen LogP contribution < -0.4 is 10.1 Å². The highest BCUT2D eigenvalue weighted by Gasteiger charge is 2.14. The summed E-state index contributed by atoms with van der Waals surface area (Å²) < 4.78 is 5.42. The summed E-state index contributed by atoms with van der Waals surface area (Å²) >= 11 is 11.9. The molecule has 0 spiro atoms. The minimum Gasteiger partial charge on any atom is -0.495 e. The second-order valence-corrected chi connectivity index (χ2v) is 7.26. The molecule has 0 aliphatic carbocycles. The Balaban J connectivity index is 1.83. The summed E-state index contributed by atoms with van der Waals surface area (Å²) in [7, 11) is 1.62. The molecule has 1 aromatic heterocycles. The van der Waals surface area contributed by atoms with Gasteiger partial charge >= 0.3 is 0 Å². The number of rotatable bonds is 6. The van der Waals surface area contributed by atoms with Gasteiger partial charge in [0.15, 0.2) is 5.11 Å². The number of thiocarbonyl (C=S) groups is 1. The molecule has 0 unspecified atom stereocenters. The molecular formula is C22H22ClN3OS. The van der Waals surface area contributed by atoms with Crippen molar-refractivity contribution < 1.29 is 4.74 Å². The van der Waals surface area contributed by atoms with Gasteiger partial charge in [0.25, 0.3) is 0 Å². The minimum atomic E-state index is 0.576. The van der Waals surface area contributed by atoms with E-state index < -0.39 is 0 Å². The largest absolute Gasteiger partial charge is 0.495 e. The van der Waals surface area contributed by atoms with Crippen LogP contribution in [0.1, 0.15) is 16.8 Å². The fourth-order valence-corrected chi connectivity index (χ4v) is 3.18. The first-order valence-corrected chi connectivity index (χ1v) is 9.68. The van der Waals surface area contributed by atoms with E-state index in [1.807, 2.05) is 24.3 Å². The van der Waals surface area contributed by atoms with Crippen LogP contribution in [0.3, 0.4) is 0 Å². The van der Waals surface area contributed by atoms with Gasteiger partial charge in [0.05, 0.1) is 25.0 Å². The number of hydrogen-bond donors (Lipinski definition) is 1. The number of hydrogen-bond acceptors (Lipinski definition) is 3. The summed E-state index contributed by atoms with van der Waals surface area (Å²) in [5.41, 5.74) is 4.07. The third kappa shape index (κ3) is 5.44. The molecule has 144 valence electrons. The smallest absolute Gasteiger partial charge is 0.174 e. The molecule has 3 aromatic rings. The molecule has 0 bridgehead atoms. The molecule has 0 radical (unpaired) electrons. The number of aryl methyl sites for hydroxylation is 1. The van der Waals surface area contributed by atoms with Crippen LogP contribution in [0.25, 0.3) is 0 Å². The molecule has 0 saturated carbocycles. The summed E-state index contributed by atoms with van der Waals surface area (Å²) in [6.07, 6.45) is 1.79. The van der Waals surface area contributed by atoms with Gasteiger partial charge in [-0.1, -0.05) is 47.5 Å². The van der Waals surface area contributed by atoms with Crippen molar-refractivity contribution in [3.63, 3.8) is 0 Å². The Morgan fingerprint density at radius 1 is 1.11 bits per heavy atom. The second kappa shape index (κ2) is 9.53. The molecule has 3 rings (SSSR count). The number of nitrogens with one attached hydrogen (secondary N) is 1. The highest BCUT2D eigenvalue weighted by atomic mass is 35.5. The van der Waals surface area contributed by atoms with Gasteiger partial charge in [-0.15, -0.1) is 0 Å². The Morgan fingerprint density at radius 3 is 2.57 bits per heavy atom. The number of anilines is 1. The Morgan fingerprint density at radius 2 is 1.89 bits per heavy atom. The molecule has 0 aliphatic rings. The first-order valence-electron chi connectivity index (χ1n) is 8.90. The minimum absolute atomic E-state index is 0.576. The van der Waals surface area contributed by atoms with Crippen LogP contribution >= 0.6 is 23.8 Å². The Bertz CT molecular complexity index is 932. The highest BCUT2D eigenvalue weighted by Crippen LogP contribution is 2.28. The van der Waals surface area contributed by atoms with Crippen LogP contribution in [0.2, 0.25) is 5.02 Å². The van der Waals surface area contributed by atoms with E-state index in [2.05, 4.69) is 46.4 Å². The summed E-state index contributed by atoms with van der Waals surface area (Å²) in [6.45, 7) is 3.32. The zero-order valence-corrected chi connectivity index (χ0v) is 17.4. The number of ether oxygens (including phenoxy) is 1. The molecule has 0 saturated heterocycles. The third-order valence-corrected chi connectivity index (χ3v) is 4.86. The molecule has 6 heteroatoms. The van der Waals surface area contributed by atoms with E-state index in [9.17, 15) is 0 Å². The zero-order valence-electron chi connectivity index (χ0n) is 15.9. The summed E-state index contributed by atoms with van der Waals surface area (Å²) in [5.74, 6) is 0.680. The van der Waals surface area contributed by atoms with Crippen molar-refractivity contribution in [2.45, 2.75) is 20.0 Å². The summed E-state index contributed by atoms with van der Waals surface area (Å²) in [6, 6.07) is 19.7. The molecule has 28 heavy (non-hydrogen) atoms. The number of pyridine rings is 1. The monoisotopic (exact) mass is 411 g/mol. The van der Waals surface area contributed by atoms with Crippen LogP contribution in [0, 0.1) is 6.92 Å². The Labute approximate surface area is 176 Å². The van der Waals surface area contributed by atoms with E-state index in [4.69, 9.17) is 28.6 Å². The van der Waals surface area contributed by atoms with E-state index in [1.165, 1.54) is 11.1 Å². The van der Waals surface area contributed by atoms with Crippen LogP contribution in [0.15, 0.2) is 66.9 Å². The number of methoxy groups -OCH3 is 1. The maximum absolute atomic E-state index is 6.15. The predicted octanol–water partition coefficient (Wildman–Crippen LogP) is 5.45. The molecule has 0 amide bonds. The Hall–Kier alpha value is -2.63. The lowest BCUT2D eigenvalue weighted by Gasteiger charge is -2.26. The predicted molar refractivity (Wildman–Crippen MR) is 119 cm³/mol. The topological polar surface area (TPSA) is 37.4 Å². The first kappa shape index (κ1) is 20.1. The summed E-state index contributed by atoms with van der Waals surface area (Å²) in [4.78, 5) is 6.51. The van der Waals surface area contributed by atoms with Gasteiger partial charge < -0.3 is 15.0 Å². The van der Waals surface area contributed by atoms with E-state index in [1.54, 1.807) is 25.4 Å². The highest BCUT2D eigenvalue weighted by molar-refractivity contribution is 7.80. The van der Waals surface area contributed by atoms with Crippen LogP contribution in [0.4, 0.5) is 5.69 Å². The van der Waals surface area contributed by atoms with Crippen LogP contribution in [-0.2, 0) is 13.1 Å². The lowest BCUT2D eigenvalue weighted by molar-refractivity contribution is 0.405. The lowest BCUT2D eigenvalue weighted by atomic mass is 10.1. The normalized spacial score (nSPS) is 10.4. The van der Waals surface area contributed by atoms with Crippen molar-refractivity contribution in [1.29, 1.82) is 0 Å². The van der Waals surface area contributed by atoms with Gasteiger partial charge in [-0.3, -0.25) is 4.98 Å². The molecule has 1 heterocycles. The maximum Gasteiger partial charge on any atom is 0.174 e. The fourth-order valence-electron chi connectivity index (χ4n) is 2.77. The number of benzene rings is 2. The fraction of sp³-hybridized carbons (Fsp3) is 0.182. The van der Waals surface area contributed by atoms with Crippen molar-refractivity contribution in [1.82, 2.24) is 9.88 Å². The van der Waals surface area contributed by atoms with Gasteiger partial charge in [0.2, 0.25) is 0 Å². The van der Waals surface area contributed by atoms with Gasteiger partial charge in [0.1, 0.15) is 5.75 Å². The van der Waals surface area contributed by atoms with Crippen molar-refractivity contribution in [3.8, 4) is 5.75 Å². The van der Waals surface area contributed by atoms with Gasteiger partial charge in [-0.05, 0) is 55.0 Å². The Kier molecular flexibility index (Phi) is 6.85. The van der Waals surface area contributed by atoms with Crippen molar-refractivity contribution in [3.05, 3.63) is 88.7 Å². The van der Waals surface area contributed by atoms with E-state index in [-0.39, 0.29) is 0 Å². The molecule has 0 aliphatic heterocycles. The van der Waals surface area contributed by atoms with Crippen LogP contribution in [0.5, 0.6) is 5.75 Å². The first-order chi connectivity index (χ1) is 13.5. The van der Waals surface area contributed by atoms with E-state index in [0.717, 1.165) is 11.4 Å². The third-order valence-electron chi connectivity index (χ3n) is 4.26. The SMILES string of the molecule is COc1ccc(Cl)cc1NC(=S)N(Cc1ccc(C)cc1)Cc1ccccn1. The average molecular weight is 412 g/mol. The molecule has 2 aromatic carbocycles. The number of halogens is 1. The van der Waals surface area contributed by atoms with Gasteiger partial charge in [-0.25, -0.2) is 0 Å². The quantitative estimate of drug-likeness (QED) is 0.546. The standard InChI is InChI=1S/C22H22ClN3OS/c1-16-6-8-17(9-7-16)14-26(15-19-5-3-4-12-24-19)22(28)25-20-13-18(23)10-11-21(20)27-2/h3-13H,14-15H2,1-2H3,(H,25,28). The molecule has 0 fully saturated rings. The van der Waals surface area contributed by atoms with Crippen LogP contribution in [-0.4, -0.2) is 22.1 Å². The summed E-state index contributed by atoms with van der Waals surface area (Å²) in [5, 5.41) is 4.46. The average Bonchev–Trinajstić information content (AvgIpc) is 2.70. The van der Waals surface area contributed by atoms with Gasteiger partial charge in [-0.2, -0.15) is 0 Å². The zero-order chi connectivity index (χ0) is 19.9. The molecule has 4 nitrogen and oxygen atoms in total. The molecular weight excluding hydrogens is 390 g/mol. The van der Waals surface area contributed by atoms with E-state index >= 15 is 0 Å². The van der Waals surface area contributed by atoms with Crippen molar-refractivity contribution in [2.24, 2.45) is 0 Å².